The van der Waals surface area contributed by atoms with Gasteiger partial charge in [-0.1, -0.05) is 18.2 Å². The lowest BCUT2D eigenvalue weighted by molar-refractivity contribution is -0.217. The topological polar surface area (TPSA) is 69.7 Å². The highest BCUT2D eigenvalue weighted by Gasteiger charge is 2.58. The Morgan fingerprint density at radius 2 is 1.80 bits per heavy atom. The summed E-state index contributed by atoms with van der Waals surface area (Å²) in [7, 11) is -3.65. The van der Waals surface area contributed by atoms with Gasteiger partial charge < -0.3 is 9.47 Å². The summed E-state index contributed by atoms with van der Waals surface area (Å²) >= 11 is 0. The van der Waals surface area contributed by atoms with Crippen molar-refractivity contribution in [1.82, 2.24) is 0 Å². The molecule has 0 amide bonds. The predicted octanol–water partition coefficient (Wildman–Crippen LogP) is 1.33. The van der Waals surface area contributed by atoms with Crippen LogP contribution in [0.25, 0.3) is 0 Å². The first kappa shape index (κ1) is 13.7. The smallest absolute Gasteiger partial charge is 0.246 e. The second-order valence-corrected chi connectivity index (χ2v) is 7.16. The Labute approximate surface area is 117 Å². The van der Waals surface area contributed by atoms with Gasteiger partial charge in [0.05, 0.1) is 18.1 Å². The second-order valence-electron chi connectivity index (χ2n) is 5.03. The van der Waals surface area contributed by atoms with Crippen LogP contribution >= 0.6 is 0 Å². The normalized spacial score (nSPS) is 30.8. The highest BCUT2D eigenvalue weighted by Crippen LogP contribution is 2.39. The second kappa shape index (κ2) is 4.95. The summed E-state index contributed by atoms with van der Waals surface area (Å²) in [6.07, 6.45) is 1.20. The summed E-state index contributed by atoms with van der Waals surface area (Å²) in [5.41, 5.74) is 0. The van der Waals surface area contributed by atoms with Crippen LogP contribution in [0.15, 0.2) is 35.2 Å². The quantitative estimate of drug-likeness (QED) is 0.823. The van der Waals surface area contributed by atoms with Crippen LogP contribution in [0.5, 0.6) is 0 Å². The number of sulfone groups is 1. The van der Waals surface area contributed by atoms with Gasteiger partial charge in [0, 0.05) is 6.42 Å². The number of hydrogen-bond acceptors (Lipinski definition) is 5. The first-order chi connectivity index (χ1) is 9.57. The number of ether oxygens (including phenoxy) is 2. The third-order valence-electron chi connectivity index (χ3n) is 3.82. The average Bonchev–Trinajstić information content (AvgIpc) is 2.89. The molecule has 2 fully saturated rings. The first-order valence-corrected chi connectivity index (χ1v) is 8.22. The van der Waals surface area contributed by atoms with Crippen molar-refractivity contribution in [1.29, 1.82) is 0 Å². The molecule has 6 heteroatoms. The van der Waals surface area contributed by atoms with Crippen molar-refractivity contribution in [2.75, 3.05) is 13.2 Å². The van der Waals surface area contributed by atoms with Gasteiger partial charge in [-0.25, -0.2) is 8.42 Å². The molecule has 1 spiro atoms. The maximum Gasteiger partial charge on any atom is 0.246 e. The number of carbonyl (C=O) groups is 1. The van der Waals surface area contributed by atoms with Gasteiger partial charge in [-0.2, -0.15) is 0 Å². The van der Waals surface area contributed by atoms with Gasteiger partial charge in [-0.05, 0) is 25.0 Å². The maximum atomic E-state index is 12.7. The highest BCUT2D eigenvalue weighted by molar-refractivity contribution is 7.92. The fourth-order valence-electron chi connectivity index (χ4n) is 2.84. The molecule has 0 bridgehead atoms. The molecule has 2 aliphatic heterocycles. The third-order valence-corrected chi connectivity index (χ3v) is 6.04. The van der Waals surface area contributed by atoms with Gasteiger partial charge in [0.2, 0.25) is 5.79 Å². The molecule has 2 heterocycles. The molecular formula is C14H16O5S. The van der Waals surface area contributed by atoms with E-state index in [9.17, 15) is 13.2 Å². The fraction of sp³-hybridized carbons (Fsp3) is 0.500. The van der Waals surface area contributed by atoms with Crippen LogP contribution < -0.4 is 0 Å². The van der Waals surface area contributed by atoms with Crippen molar-refractivity contribution in [2.24, 2.45) is 0 Å². The fourth-order valence-corrected chi connectivity index (χ4v) is 4.79. The summed E-state index contributed by atoms with van der Waals surface area (Å²) in [5, 5.41) is -0.954. The van der Waals surface area contributed by atoms with E-state index in [-0.39, 0.29) is 23.7 Å². The molecule has 0 N–H and O–H groups in total. The summed E-state index contributed by atoms with van der Waals surface area (Å²) in [4.78, 5) is 12.4. The third kappa shape index (κ3) is 1.99. The van der Waals surface area contributed by atoms with Gasteiger partial charge in [0.1, 0.15) is 5.25 Å². The molecule has 108 valence electrons. The molecular weight excluding hydrogens is 280 g/mol. The minimum absolute atomic E-state index is 0.205. The van der Waals surface area contributed by atoms with Gasteiger partial charge in [0.25, 0.3) is 0 Å². The Kier molecular flexibility index (Phi) is 3.40. The van der Waals surface area contributed by atoms with Crippen molar-refractivity contribution in [2.45, 2.75) is 35.2 Å². The van der Waals surface area contributed by atoms with E-state index in [0.29, 0.717) is 19.4 Å². The Hall–Kier alpha value is -1.24. The van der Waals surface area contributed by atoms with E-state index in [1.165, 1.54) is 12.1 Å². The molecule has 5 nitrogen and oxygen atoms in total. The number of carbonyl (C=O) groups excluding carboxylic acids is 1. The average molecular weight is 296 g/mol. The van der Waals surface area contributed by atoms with Crippen LogP contribution in [-0.2, 0) is 24.1 Å². The molecule has 20 heavy (non-hydrogen) atoms. The summed E-state index contributed by atoms with van der Waals surface area (Å²) in [6, 6.07) is 8.16. The minimum atomic E-state index is -3.65. The van der Waals surface area contributed by atoms with Crippen molar-refractivity contribution in [3.63, 3.8) is 0 Å². The molecule has 0 aliphatic carbocycles. The van der Waals surface area contributed by atoms with Crippen LogP contribution in [0.1, 0.15) is 19.3 Å². The largest absolute Gasteiger partial charge is 0.343 e. The molecule has 1 aromatic carbocycles. The van der Waals surface area contributed by atoms with E-state index in [2.05, 4.69) is 0 Å². The van der Waals surface area contributed by atoms with Crippen molar-refractivity contribution >= 4 is 15.6 Å². The Balaban J connectivity index is 2.02. The van der Waals surface area contributed by atoms with Crippen LogP contribution in [0.3, 0.4) is 0 Å². The lowest BCUT2D eigenvalue weighted by Crippen LogP contribution is -2.54. The highest BCUT2D eigenvalue weighted by atomic mass is 32.2. The van der Waals surface area contributed by atoms with E-state index >= 15 is 0 Å². The van der Waals surface area contributed by atoms with Gasteiger partial charge in [-0.3, -0.25) is 4.79 Å². The zero-order chi connectivity index (χ0) is 14.2. The molecule has 2 atom stereocenters. The van der Waals surface area contributed by atoms with E-state index in [4.69, 9.17) is 9.47 Å². The zero-order valence-electron chi connectivity index (χ0n) is 10.9. The number of hydrogen-bond donors (Lipinski definition) is 0. The molecule has 2 aliphatic rings. The summed E-state index contributed by atoms with van der Waals surface area (Å²) in [6.45, 7) is 0.578. The zero-order valence-corrected chi connectivity index (χ0v) is 11.8. The Morgan fingerprint density at radius 3 is 2.50 bits per heavy atom. The van der Waals surface area contributed by atoms with Gasteiger partial charge in [0.15, 0.2) is 15.6 Å². The van der Waals surface area contributed by atoms with Crippen LogP contribution in [0.2, 0.25) is 0 Å². The van der Waals surface area contributed by atoms with Crippen molar-refractivity contribution < 1.29 is 22.7 Å². The van der Waals surface area contributed by atoms with Crippen molar-refractivity contribution in [3.8, 4) is 0 Å². The molecule has 1 aromatic rings. The van der Waals surface area contributed by atoms with E-state index < -0.39 is 20.9 Å². The number of Topliss-reactive ketones (excluding diaryl/α,β-unsaturated/α-hetero) is 1. The Bertz CT molecular complexity index is 610. The molecule has 3 rings (SSSR count). The first-order valence-electron chi connectivity index (χ1n) is 6.67. The summed E-state index contributed by atoms with van der Waals surface area (Å²) < 4.78 is 36.5. The van der Waals surface area contributed by atoms with E-state index in [0.717, 1.165) is 0 Å². The van der Waals surface area contributed by atoms with Crippen molar-refractivity contribution in [3.05, 3.63) is 30.3 Å². The Morgan fingerprint density at radius 1 is 1.10 bits per heavy atom. The molecule has 0 aromatic heterocycles. The maximum absolute atomic E-state index is 12.7. The predicted molar refractivity (Wildman–Crippen MR) is 70.9 cm³/mol. The minimum Gasteiger partial charge on any atom is -0.343 e. The van der Waals surface area contributed by atoms with E-state index in [1.54, 1.807) is 18.2 Å². The van der Waals surface area contributed by atoms with Crippen LogP contribution in [0.4, 0.5) is 0 Å². The monoisotopic (exact) mass is 296 g/mol. The molecule has 0 radical (unpaired) electrons. The molecule has 0 saturated carbocycles. The number of benzene rings is 1. The lowest BCUT2D eigenvalue weighted by Gasteiger charge is -2.35. The number of rotatable bonds is 2. The van der Waals surface area contributed by atoms with Crippen LogP contribution in [0, 0.1) is 0 Å². The van der Waals surface area contributed by atoms with Gasteiger partial charge in [-0.15, -0.1) is 0 Å². The number of ketones is 1. The SMILES string of the molecule is O=C1CCCO[C@@]12OCC[C@@H]2S(=O)(=O)c1ccccc1. The van der Waals surface area contributed by atoms with Gasteiger partial charge >= 0.3 is 0 Å². The summed E-state index contributed by atoms with van der Waals surface area (Å²) in [5.74, 6) is -1.85. The standard InChI is InChI=1S/C14H16O5S/c15-12-7-4-9-18-14(12)13(8-10-19-14)20(16,17)11-5-2-1-3-6-11/h1-3,5-6,13H,4,7-10H2/t13-,14+/m0/s1. The molecule has 2 saturated heterocycles. The lowest BCUT2D eigenvalue weighted by atomic mass is 10.0. The van der Waals surface area contributed by atoms with E-state index in [1.807, 2.05) is 0 Å². The molecule has 0 unspecified atom stereocenters. The van der Waals surface area contributed by atoms with Crippen LogP contribution in [-0.4, -0.2) is 38.5 Å².